The quantitative estimate of drug-likeness (QED) is 0.0872. The molecule has 0 aliphatic carbocycles. The molecule has 41 heteroatoms. The number of carboxylic acids is 18. The molecule has 1 fully saturated rings. The highest BCUT2D eigenvalue weighted by Crippen LogP contribution is 2.17. The Labute approximate surface area is 433 Å². The number of amides is 1. The summed E-state index contributed by atoms with van der Waals surface area (Å²) in [5.74, 6) is -32.0. The normalized spacial score (nSPS) is 9.57. The lowest BCUT2D eigenvalue weighted by Gasteiger charge is -2.15. The molecule has 2 heterocycles. The van der Waals surface area contributed by atoms with Crippen molar-refractivity contribution >= 4 is 113 Å². The maximum atomic E-state index is 11.9. The molecule has 79 heavy (non-hydrogen) atoms. The fraction of sp³-hybridized carbons (Fsp3) is 0.211. The van der Waals surface area contributed by atoms with Gasteiger partial charge in [0.25, 0.3) is 5.91 Å². The van der Waals surface area contributed by atoms with Crippen molar-refractivity contribution < 1.29 is 188 Å². The molecule has 1 aliphatic heterocycles. The molecule has 1 aliphatic rings. The molecule has 438 valence electrons. The first-order valence-corrected chi connectivity index (χ1v) is 18.9. The third kappa shape index (κ3) is 64.0. The number of aliphatic carboxylic acids is 18. The minimum absolute atomic E-state index is 0.0966. The smallest absolute Gasteiger partial charge is 0.414 e. The van der Waals surface area contributed by atoms with Gasteiger partial charge in [0.15, 0.2) is 0 Å². The molecule has 0 spiro atoms. The number of nitrogens with one attached hydrogen (secondary N) is 1. The molecule has 0 radical (unpaired) electrons. The highest BCUT2D eigenvalue weighted by atomic mass is 16.5. The number of likely N-dealkylation sites (tertiary alicyclic amines) is 1. The number of carboxylic acid groups (broad SMARTS) is 18. The van der Waals surface area contributed by atoms with E-state index in [1.54, 1.807) is 24.5 Å². The standard InChI is InChI=1S/C20H25N3O2.9C2H2O4/c24-20(18-7-4-9-21-15-18)22-10-5-13-25-19-8-3-6-17(14-19)16-23-11-1-2-12-23;9*3-1(4)2(5)6/h3-4,6-9,14-15H,1-2,5,10-13,16H2,(H,22,24);9*(H,3,4)(H,5,6). The Bertz CT molecular complexity index is 1990. The number of carbonyl (C=O) groups excluding carboxylic acids is 1. The van der Waals surface area contributed by atoms with Gasteiger partial charge in [0.1, 0.15) is 5.75 Å². The van der Waals surface area contributed by atoms with Crippen molar-refractivity contribution in [3.63, 3.8) is 0 Å². The molecule has 3 rings (SSSR count). The van der Waals surface area contributed by atoms with E-state index in [1.165, 1.54) is 31.5 Å². The number of hydrogen-bond acceptors (Lipinski definition) is 22. The van der Waals surface area contributed by atoms with E-state index in [0.29, 0.717) is 18.7 Å². The topological polar surface area (TPSA) is 726 Å². The van der Waals surface area contributed by atoms with Crippen LogP contribution in [0.4, 0.5) is 0 Å². The van der Waals surface area contributed by atoms with Gasteiger partial charge in [-0.3, -0.25) is 14.7 Å². The number of benzene rings is 1. The van der Waals surface area contributed by atoms with Crippen LogP contribution in [0.5, 0.6) is 5.75 Å². The van der Waals surface area contributed by atoms with Crippen LogP contribution in [0.3, 0.4) is 0 Å². The fourth-order valence-corrected chi connectivity index (χ4v) is 3.00. The summed E-state index contributed by atoms with van der Waals surface area (Å²) < 4.78 is 5.82. The van der Waals surface area contributed by atoms with Crippen LogP contribution in [0.15, 0.2) is 48.8 Å². The molecule has 1 aromatic carbocycles. The zero-order valence-corrected chi connectivity index (χ0v) is 38.9. The Kier molecular flexibility index (Phi) is 49.6. The van der Waals surface area contributed by atoms with Gasteiger partial charge < -0.3 is 102 Å². The highest BCUT2D eigenvalue weighted by molar-refractivity contribution is 6.30. The fourth-order valence-electron chi connectivity index (χ4n) is 3.00. The Morgan fingerprint density at radius 1 is 0.418 bits per heavy atom. The molecule has 0 unspecified atom stereocenters. The maximum Gasteiger partial charge on any atom is 0.414 e. The molecule has 2 aromatic rings. The number of rotatable bonds is 8. The van der Waals surface area contributed by atoms with E-state index in [0.717, 1.165) is 18.7 Å². The summed E-state index contributed by atoms with van der Waals surface area (Å²) in [5.41, 5.74) is 1.88. The van der Waals surface area contributed by atoms with Crippen LogP contribution >= 0.6 is 0 Å². The van der Waals surface area contributed by atoms with Crippen LogP contribution in [-0.4, -0.2) is 241 Å². The minimum Gasteiger partial charge on any atom is -0.494 e. The number of nitrogens with zero attached hydrogens (tertiary/aromatic N) is 2. The first-order chi connectivity index (χ1) is 36.1. The van der Waals surface area contributed by atoms with Gasteiger partial charge in [0.05, 0.1) is 12.2 Å². The van der Waals surface area contributed by atoms with Crippen molar-refractivity contribution in [2.75, 3.05) is 26.2 Å². The zero-order chi connectivity index (χ0) is 63.7. The Balaban J connectivity index is -0.000000161. The van der Waals surface area contributed by atoms with Crippen LogP contribution in [0, 0.1) is 0 Å². The first-order valence-electron chi connectivity index (χ1n) is 18.9. The number of carbonyl (C=O) groups is 19. The zero-order valence-electron chi connectivity index (χ0n) is 38.9. The Morgan fingerprint density at radius 3 is 0.962 bits per heavy atom. The summed E-state index contributed by atoms with van der Waals surface area (Å²) in [6.07, 6.45) is 6.60. The molecule has 0 atom stereocenters. The highest BCUT2D eigenvalue weighted by Gasteiger charge is 2.13. The second-order valence-corrected chi connectivity index (χ2v) is 11.8. The number of aromatic nitrogens is 1. The van der Waals surface area contributed by atoms with Gasteiger partial charge in [-0.1, -0.05) is 12.1 Å². The Morgan fingerprint density at radius 2 is 0.709 bits per heavy atom. The number of pyridine rings is 1. The van der Waals surface area contributed by atoms with E-state index in [1.807, 2.05) is 12.1 Å². The van der Waals surface area contributed by atoms with Gasteiger partial charge in [0.2, 0.25) is 0 Å². The van der Waals surface area contributed by atoms with E-state index in [-0.39, 0.29) is 5.91 Å². The van der Waals surface area contributed by atoms with Crippen LogP contribution in [0.25, 0.3) is 0 Å². The molecular weight excluding hydrogens is 1110 g/mol. The van der Waals surface area contributed by atoms with Gasteiger partial charge in [0, 0.05) is 25.5 Å². The van der Waals surface area contributed by atoms with Crippen molar-refractivity contribution in [2.24, 2.45) is 0 Å². The molecule has 1 amide bonds. The van der Waals surface area contributed by atoms with Crippen molar-refractivity contribution in [1.82, 2.24) is 15.2 Å². The number of ether oxygens (including phenoxy) is 1. The molecule has 41 nitrogen and oxygen atoms in total. The molecule has 0 bridgehead atoms. The predicted octanol–water partition coefficient (Wildman–Crippen LogP) is -4.72. The molecule has 1 aromatic heterocycles. The molecular formula is C38H43N3O38. The Hall–Kier alpha value is -11.9. The lowest BCUT2D eigenvalue weighted by molar-refractivity contribution is -0.159. The average molecular weight is 1150 g/mol. The molecule has 0 saturated carbocycles. The summed E-state index contributed by atoms with van der Waals surface area (Å²) >= 11 is 0. The van der Waals surface area contributed by atoms with Crippen LogP contribution in [0.2, 0.25) is 0 Å². The minimum atomic E-state index is -1.82. The lowest BCUT2D eigenvalue weighted by atomic mass is 10.2. The molecule has 19 N–H and O–H groups in total. The average Bonchev–Trinajstić information content (AvgIpc) is 3.86. The second-order valence-electron chi connectivity index (χ2n) is 11.8. The first kappa shape index (κ1) is 81.1. The summed E-state index contributed by atoms with van der Waals surface area (Å²) in [7, 11) is 0. The van der Waals surface area contributed by atoms with E-state index in [4.69, 9.17) is 183 Å². The largest absolute Gasteiger partial charge is 0.494 e. The monoisotopic (exact) mass is 1150 g/mol. The van der Waals surface area contributed by atoms with Crippen molar-refractivity contribution in [1.29, 1.82) is 0 Å². The maximum absolute atomic E-state index is 11.9. The van der Waals surface area contributed by atoms with Crippen LogP contribution in [0.1, 0.15) is 35.2 Å². The van der Waals surface area contributed by atoms with Gasteiger partial charge in [-0.2, -0.15) is 0 Å². The van der Waals surface area contributed by atoms with Crippen molar-refractivity contribution in [3.05, 3.63) is 59.9 Å². The summed E-state index contributed by atoms with van der Waals surface area (Å²) in [5, 5.41) is 136. The van der Waals surface area contributed by atoms with E-state index in [9.17, 15) is 4.79 Å². The van der Waals surface area contributed by atoms with E-state index >= 15 is 0 Å². The van der Waals surface area contributed by atoms with Gasteiger partial charge in [-0.25, -0.2) is 86.3 Å². The third-order valence-corrected chi connectivity index (χ3v) is 5.95. The summed E-state index contributed by atoms with van der Waals surface area (Å²) in [6.45, 7) is 4.56. The van der Waals surface area contributed by atoms with Gasteiger partial charge in [-0.05, 0) is 62.2 Å². The van der Waals surface area contributed by atoms with Crippen LogP contribution in [-0.2, 0) is 92.8 Å². The number of hydrogen-bond donors (Lipinski definition) is 19. The van der Waals surface area contributed by atoms with Crippen molar-refractivity contribution in [3.8, 4) is 5.75 Å². The lowest BCUT2D eigenvalue weighted by Crippen LogP contribution is -2.25. The van der Waals surface area contributed by atoms with E-state index in [2.05, 4.69) is 27.3 Å². The summed E-state index contributed by atoms with van der Waals surface area (Å²) in [6, 6.07) is 11.8. The van der Waals surface area contributed by atoms with E-state index < -0.39 is 107 Å². The van der Waals surface area contributed by atoms with Gasteiger partial charge in [-0.15, -0.1) is 0 Å². The van der Waals surface area contributed by atoms with Gasteiger partial charge >= 0.3 is 107 Å². The predicted molar refractivity (Wildman–Crippen MR) is 235 cm³/mol. The second kappa shape index (κ2) is 48.3. The SMILES string of the molecule is O=C(NCCCOc1cccc(CN2CCCC2)c1)c1cccnc1.O=C(O)C(=O)O.O=C(O)C(=O)O.O=C(O)C(=O)O.O=C(O)C(=O)O.O=C(O)C(=O)O.O=C(O)C(=O)O.O=C(O)C(=O)O.O=C(O)C(=O)O.O=C(O)C(=O)O. The third-order valence-electron chi connectivity index (χ3n) is 5.95. The molecule has 1 saturated heterocycles. The summed E-state index contributed by atoms with van der Waals surface area (Å²) in [4.78, 5) is 182. The van der Waals surface area contributed by atoms with Crippen molar-refractivity contribution in [2.45, 2.75) is 25.8 Å². The van der Waals surface area contributed by atoms with Crippen LogP contribution < -0.4 is 10.1 Å².